The summed E-state index contributed by atoms with van der Waals surface area (Å²) in [5.41, 5.74) is -0.898. The minimum absolute atomic E-state index is 0.0885. The van der Waals surface area contributed by atoms with Crippen molar-refractivity contribution in [1.82, 2.24) is 0 Å². The van der Waals surface area contributed by atoms with Gasteiger partial charge in [-0.15, -0.1) is 0 Å². The highest BCUT2D eigenvalue weighted by Crippen LogP contribution is 2.52. The molecule has 0 heterocycles. The van der Waals surface area contributed by atoms with E-state index in [9.17, 15) is 4.79 Å². The normalized spacial score (nSPS) is 18.4. The van der Waals surface area contributed by atoms with Crippen LogP contribution in [0.1, 0.15) is 74.1 Å². The number of hydrogen-bond acceptors (Lipinski definition) is 3. The van der Waals surface area contributed by atoms with Crippen molar-refractivity contribution in [1.29, 1.82) is 0 Å². The van der Waals surface area contributed by atoms with Crippen molar-refractivity contribution in [3.63, 3.8) is 0 Å². The summed E-state index contributed by atoms with van der Waals surface area (Å²) in [6.45, 7) is 14.7. The predicted octanol–water partition coefficient (Wildman–Crippen LogP) is 4.54. The van der Waals surface area contributed by atoms with E-state index in [2.05, 4.69) is 41.5 Å². The van der Waals surface area contributed by atoms with Crippen LogP contribution < -0.4 is 0 Å². The lowest BCUT2D eigenvalue weighted by Crippen LogP contribution is -2.51. The Morgan fingerprint density at radius 2 is 1.40 bits per heavy atom. The van der Waals surface area contributed by atoms with Gasteiger partial charge in [0.25, 0.3) is 0 Å². The highest BCUT2D eigenvalue weighted by molar-refractivity contribution is 5.78. The number of carbonyl (C=O) groups excluding carboxylic acids is 1. The molecule has 0 aromatic carbocycles. The average Bonchev–Trinajstić information content (AvgIpc) is 2.77. The number of esters is 1. The van der Waals surface area contributed by atoms with Crippen LogP contribution in [0.3, 0.4) is 0 Å². The lowest BCUT2D eigenvalue weighted by Gasteiger charge is -2.48. The van der Waals surface area contributed by atoms with Crippen molar-refractivity contribution in [3.8, 4) is 0 Å². The highest BCUT2D eigenvalue weighted by Gasteiger charge is 2.53. The Bertz CT molecular complexity index is 313. The van der Waals surface area contributed by atoms with E-state index >= 15 is 0 Å². The molecule has 3 heteroatoms. The zero-order valence-electron chi connectivity index (χ0n) is 14.3. The smallest absolute Gasteiger partial charge is 0.314 e. The Morgan fingerprint density at radius 1 is 0.950 bits per heavy atom. The SMILES string of the molecule is CC(C)(C)C(C)(C(=O)OCOC1CCCC1)C(C)(C)C. The van der Waals surface area contributed by atoms with Gasteiger partial charge in [0, 0.05) is 0 Å². The molecule has 0 N–H and O–H groups in total. The molecule has 118 valence electrons. The van der Waals surface area contributed by atoms with Gasteiger partial charge in [0.2, 0.25) is 0 Å². The monoisotopic (exact) mass is 284 g/mol. The fraction of sp³-hybridized carbons (Fsp3) is 0.941. The molecular formula is C17H32O3. The fourth-order valence-electron chi connectivity index (χ4n) is 3.12. The number of ether oxygens (including phenoxy) is 2. The number of carbonyl (C=O) groups is 1. The van der Waals surface area contributed by atoms with Gasteiger partial charge in [-0.05, 0) is 30.6 Å². The second kappa shape index (κ2) is 6.05. The fourth-order valence-corrected chi connectivity index (χ4v) is 3.12. The largest absolute Gasteiger partial charge is 0.438 e. The number of rotatable bonds is 4. The summed E-state index contributed by atoms with van der Waals surface area (Å²) in [6.07, 6.45) is 4.90. The first-order chi connectivity index (χ1) is 9.00. The first-order valence-corrected chi connectivity index (χ1v) is 7.79. The maximum atomic E-state index is 12.6. The molecule has 0 aromatic heterocycles. The summed E-state index contributed by atoms with van der Waals surface area (Å²) < 4.78 is 11.1. The molecule has 0 aromatic rings. The Hall–Kier alpha value is -0.570. The summed E-state index contributed by atoms with van der Waals surface area (Å²) in [7, 11) is 0. The summed E-state index contributed by atoms with van der Waals surface area (Å²) in [5, 5.41) is 0. The second-order valence-electron chi connectivity index (χ2n) is 8.25. The minimum Gasteiger partial charge on any atom is -0.438 e. The van der Waals surface area contributed by atoms with Crippen molar-refractivity contribution in [2.75, 3.05) is 6.79 Å². The molecule has 0 amide bonds. The lowest BCUT2D eigenvalue weighted by atomic mass is 9.55. The zero-order valence-corrected chi connectivity index (χ0v) is 14.3. The first-order valence-electron chi connectivity index (χ1n) is 7.79. The van der Waals surface area contributed by atoms with E-state index in [0.717, 1.165) is 12.8 Å². The van der Waals surface area contributed by atoms with Crippen molar-refractivity contribution in [3.05, 3.63) is 0 Å². The molecule has 0 radical (unpaired) electrons. The molecule has 20 heavy (non-hydrogen) atoms. The molecule has 0 bridgehead atoms. The van der Waals surface area contributed by atoms with Crippen molar-refractivity contribution < 1.29 is 14.3 Å². The van der Waals surface area contributed by atoms with E-state index in [-0.39, 0.29) is 29.7 Å². The molecule has 1 aliphatic rings. The van der Waals surface area contributed by atoms with Crippen LogP contribution in [0, 0.1) is 16.2 Å². The predicted molar refractivity (Wildman–Crippen MR) is 81.3 cm³/mol. The van der Waals surface area contributed by atoms with Crippen LogP contribution in [0.25, 0.3) is 0 Å². The molecule has 0 atom stereocenters. The van der Waals surface area contributed by atoms with E-state index in [0.29, 0.717) is 0 Å². The molecule has 1 aliphatic carbocycles. The molecular weight excluding hydrogens is 252 g/mol. The molecule has 0 saturated heterocycles. The molecule has 0 spiro atoms. The third kappa shape index (κ3) is 3.55. The molecule has 0 aliphatic heterocycles. The highest BCUT2D eigenvalue weighted by atomic mass is 16.7. The topological polar surface area (TPSA) is 35.5 Å². The van der Waals surface area contributed by atoms with Crippen molar-refractivity contribution >= 4 is 5.97 Å². The lowest BCUT2D eigenvalue weighted by molar-refractivity contribution is -0.188. The van der Waals surface area contributed by atoms with Gasteiger partial charge in [0.15, 0.2) is 6.79 Å². The quantitative estimate of drug-likeness (QED) is 0.561. The Kier molecular flexibility index (Phi) is 5.29. The van der Waals surface area contributed by atoms with Gasteiger partial charge in [-0.3, -0.25) is 4.79 Å². The molecule has 0 unspecified atom stereocenters. The summed E-state index contributed by atoms with van der Waals surface area (Å²) in [5.74, 6) is -0.157. The van der Waals surface area contributed by atoms with Crippen molar-refractivity contribution in [2.24, 2.45) is 16.2 Å². The van der Waals surface area contributed by atoms with Crippen LogP contribution >= 0.6 is 0 Å². The second-order valence-corrected chi connectivity index (χ2v) is 8.25. The number of hydrogen-bond donors (Lipinski definition) is 0. The summed E-state index contributed by atoms with van der Waals surface area (Å²) in [6, 6.07) is 0. The third-order valence-corrected chi connectivity index (χ3v) is 5.20. The van der Waals surface area contributed by atoms with Gasteiger partial charge in [0.05, 0.1) is 11.5 Å². The third-order valence-electron chi connectivity index (χ3n) is 5.20. The average molecular weight is 284 g/mol. The van der Waals surface area contributed by atoms with Gasteiger partial charge >= 0.3 is 5.97 Å². The van der Waals surface area contributed by atoms with Gasteiger partial charge in [-0.2, -0.15) is 0 Å². The summed E-state index contributed by atoms with van der Waals surface area (Å²) >= 11 is 0. The first kappa shape index (κ1) is 17.5. The van der Waals surface area contributed by atoms with E-state index in [4.69, 9.17) is 9.47 Å². The van der Waals surface area contributed by atoms with Gasteiger partial charge in [0.1, 0.15) is 0 Å². The summed E-state index contributed by atoms with van der Waals surface area (Å²) in [4.78, 5) is 12.6. The van der Waals surface area contributed by atoms with E-state index in [1.807, 2.05) is 6.92 Å². The molecule has 1 fully saturated rings. The zero-order chi connectivity index (χ0) is 15.6. The maximum Gasteiger partial charge on any atom is 0.314 e. The van der Waals surface area contributed by atoms with Gasteiger partial charge < -0.3 is 9.47 Å². The standard InChI is InChI=1S/C17H32O3/c1-15(2,3)17(7,16(4,5)6)14(18)20-12-19-13-10-8-9-11-13/h13H,8-12H2,1-7H3. The van der Waals surface area contributed by atoms with E-state index in [1.54, 1.807) is 0 Å². The van der Waals surface area contributed by atoms with E-state index < -0.39 is 5.41 Å². The Balaban J connectivity index is 2.65. The van der Waals surface area contributed by atoms with E-state index in [1.165, 1.54) is 12.8 Å². The molecule has 1 rings (SSSR count). The maximum absolute atomic E-state index is 12.6. The van der Waals surface area contributed by atoms with Crippen LogP contribution in [0.5, 0.6) is 0 Å². The Morgan fingerprint density at radius 3 is 1.80 bits per heavy atom. The van der Waals surface area contributed by atoms with Crippen LogP contribution in [-0.2, 0) is 14.3 Å². The van der Waals surface area contributed by atoms with Gasteiger partial charge in [-0.25, -0.2) is 0 Å². The van der Waals surface area contributed by atoms with Gasteiger partial charge in [-0.1, -0.05) is 54.4 Å². The van der Waals surface area contributed by atoms with Crippen LogP contribution in [0.4, 0.5) is 0 Å². The molecule has 3 nitrogen and oxygen atoms in total. The van der Waals surface area contributed by atoms with Crippen LogP contribution in [-0.4, -0.2) is 18.9 Å². The van der Waals surface area contributed by atoms with Crippen molar-refractivity contribution in [2.45, 2.75) is 80.3 Å². The van der Waals surface area contributed by atoms with Crippen LogP contribution in [0.2, 0.25) is 0 Å². The molecule has 1 saturated carbocycles. The Labute approximate surface area is 124 Å². The van der Waals surface area contributed by atoms with Crippen LogP contribution in [0.15, 0.2) is 0 Å². The minimum atomic E-state index is -0.557.